The summed E-state index contributed by atoms with van der Waals surface area (Å²) in [7, 11) is 3.24. The molecule has 0 aliphatic rings. The molecular formula is C15H21N7O4. The summed E-state index contributed by atoms with van der Waals surface area (Å²) in [5, 5.41) is 21.4. The van der Waals surface area contributed by atoms with Gasteiger partial charge in [-0.1, -0.05) is 6.92 Å². The Hall–Kier alpha value is -3.24. The Labute approximate surface area is 149 Å². The third kappa shape index (κ3) is 4.05. The van der Waals surface area contributed by atoms with E-state index in [-0.39, 0.29) is 24.0 Å². The number of aromatic nitrogens is 4. The van der Waals surface area contributed by atoms with Crippen molar-refractivity contribution >= 4 is 23.2 Å². The SMILES string of the molecule is CCn1ncc(NC(=O)C(C)Cn2cc([N+](=O)[O-])cn2)c1C(=O)N(C)C. The molecule has 2 amide bonds. The predicted molar refractivity (Wildman–Crippen MR) is 92.6 cm³/mol. The number of hydrogen-bond acceptors (Lipinski definition) is 6. The highest BCUT2D eigenvalue weighted by molar-refractivity contribution is 6.02. The average molecular weight is 363 g/mol. The quantitative estimate of drug-likeness (QED) is 0.577. The normalized spacial score (nSPS) is 11.8. The molecule has 1 atom stereocenters. The van der Waals surface area contributed by atoms with Gasteiger partial charge >= 0.3 is 5.69 Å². The molecule has 0 spiro atoms. The Morgan fingerprint density at radius 2 is 2.04 bits per heavy atom. The van der Waals surface area contributed by atoms with Crippen molar-refractivity contribution in [2.75, 3.05) is 19.4 Å². The highest BCUT2D eigenvalue weighted by atomic mass is 16.6. The van der Waals surface area contributed by atoms with Crippen LogP contribution in [0.2, 0.25) is 0 Å². The van der Waals surface area contributed by atoms with Crippen LogP contribution in [0.4, 0.5) is 11.4 Å². The summed E-state index contributed by atoms with van der Waals surface area (Å²) in [6, 6.07) is 0. The van der Waals surface area contributed by atoms with E-state index in [0.717, 1.165) is 6.20 Å². The number of nitrogens with one attached hydrogen (secondary N) is 1. The summed E-state index contributed by atoms with van der Waals surface area (Å²) >= 11 is 0. The fraction of sp³-hybridized carbons (Fsp3) is 0.467. The lowest BCUT2D eigenvalue weighted by atomic mass is 10.1. The third-order valence-corrected chi connectivity index (χ3v) is 3.74. The van der Waals surface area contributed by atoms with Crippen molar-refractivity contribution in [3.63, 3.8) is 0 Å². The van der Waals surface area contributed by atoms with Crippen LogP contribution in [0.25, 0.3) is 0 Å². The topological polar surface area (TPSA) is 128 Å². The van der Waals surface area contributed by atoms with Gasteiger partial charge in [-0.25, -0.2) is 0 Å². The molecule has 26 heavy (non-hydrogen) atoms. The number of carbonyl (C=O) groups is 2. The summed E-state index contributed by atoms with van der Waals surface area (Å²) in [5.41, 5.74) is 0.488. The summed E-state index contributed by atoms with van der Waals surface area (Å²) in [5.74, 6) is -1.14. The smallest absolute Gasteiger partial charge is 0.306 e. The largest absolute Gasteiger partial charge is 0.343 e. The zero-order valence-corrected chi connectivity index (χ0v) is 15.0. The van der Waals surface area contributed by atoms with Gasteiger partial charge in [-0.15, -0.1) is 0 Å². The Kier molecular flexibility index (Phi) is 5.70. The maximum absolute atomic E-state index is 12.5. The molecule has 2 aromatic rings. The van der Waals surface area contributed by atoms with Gasteiger partial charge in [-0.3, -0.25) is 29.1 Å². The standard InChI is InChI=1S/C15H21N7O4/c1-5-21-13(15(24)19(3)4)12(7-17-21)18-14(23)10(2)8-20-9-11(6-16-20)22(25)26/h6-7,9-10H,5,8H2,1-4H3,(H,18,23). The van der Waals surface area contributed by atoms with Crippen molar-refractivity contribution in [1.29, 1.82) is 0 Å². The minimum absolute atomic E-state index is 0.138. The average Bonchev–Trinajstić information content (AvgIpc) is 3.20. The van der Waals surface area contributed by atoms with Crippen LogP contribution >= 0.6 is 0 Å². The number of anilines is 1. The fourth-order valence-corrected chi connectivity index (χ4v) is 2.32. The second-order valence-corrected chi connectivity index (χ2v) is 5.99. The molecule has 11 heteroatoms. The van der Waals surface area contributed by atoms with Crippen LogP contribution in [0.3, 0.4) is 0 Å². The van der Waals surface area contributed by atoms with Gasteiger partial charge < -0.3 is 10.2 Å². The molecular weight excluding hydrogens is 342 g/mol. The van der Waals surface area contributed by atoms with Crippen molar-refractivity contribution < 1.29 is 14.5 Å². The molecule has 11 nitrogen and oxygen atoms in total. The first-order chi connectivity index (χ1) is 12.2. The van der Waals surface area contributed by atoms with Gasteiger partial charge in [0, 0.05) is 20.6 Å². The van der Waals surface area contributed by atoms with Gasteiger partial charge in [0.25, 0.3) is 5.91 Å². The first kappa shape index (κ1) is 19.1. The zero-order valence-electron chi connectivity index (χ0n) is 15.0. The van der Waals surface area contributed by atoms with E-state index >= 15 is 0 Å². The number of hydrogen-bond donors (Lipinski definition) is 1. The van der Waals surface area contributed by atoms with Crippen LogP contribution in [0.5, 0.6) is 0 Å². The van der Waals surface area contributed by atoms with E-state index in [1.165, 1.54) is 26.7 Å². The fourth-order valence-electron chi connectivity index (χ4n) is 2.32. The summed E-state index contributed by atoms with van der Waals surface area (Å²) in [6.07, 6.45) is 3.83. The van der Waals surface area contributed by atoms with Gasteiger partial charge in [0.15, 0.2) is 0 Å². The minimum Gasteiger partial charge on any atom is -0.343 e. The van der Waals surface area contributed by atoms with Crippen LogP contribution in [0.1, 0.15) is 24.3 Å². The van der Waals surface area contributed by atoms with E-state index in [1.807, 2.05) is 6.92 Å². The van der Waals surface area contributed by atoms with Crippen LogP contribution in [-0.2, 0) is 17.9 Å². The highest BCUT2D eigenvalue weighted by Crippen LogP contribution is 2.18. The summed E-state index contributed by atoms with van der Waals surface area (Å²) in [4.78, 5) is 36.4. The zero-order chi connectivity index (χ0) is 19.4. The van der Waals surface area contributed by atoms with Crippen molar-refractivity contribution in [3.8, 4) is 0 Å². The third-order valence-electron chi connectivity index (χ3n) is 3.74. The maximum Gasteiger partial charge on any atom is 0.306 e. The Morgan fingerprint density at radius 1 is 1.35 bits per heavy atom. The lowest BCUT2D eigenvalue weighted by molar-refractivity contribution is -0.385. The van der Waals surface area contributed by atoms with Gasteiger partial charge in [0.05, 0.1) is 29.3 Å². The van der Waals surface area contributed by atoms with Crippen LogP contribution < -0.4 is 5.32 Å². The van der Waals surface area contributed by atoms with E-state index in [4.69, 9.17) is 0 Å². The van der Waals surface area contributed by atoms with Crippen LogP contribution in [0.15, 0.2) is 18.6 Å². The molecule has 2 aromatic heterocycles. The number of aryl methyl sites for hydroxylation is 1. The molecule has 0 aromatic carbocycles. The summed E-state index contributed by atoms with van der Waals surface area (Å²) in [6.45, 7) is 4.16. The van der Waals surface area contributed by atoms with Crippen molar-refractivity contribution in [3.05, 3.63) is 34.4 Å². The molecule has 140 valence electrons. The minimum atomic E-state index is -0.549. The van der Waals surface area contributed by atoms with Gasteiger partial charge in [-0.2, -0.15) is 10.2 Å². The van der Waals surface area contributed by atoms with E-state index in [0.29, 0.717) is 17.9 Å². The highest BCUT2D eigenvalue weighted by Gasteiger charge is 2.23. The number of nitrogens with zero attached hydrogens (tertiary/aromatic N) is 6. The van der Waals surface area contributed by atoms with E-state index in [1.54, 1.807) is 21.0 Å². The van der Waals surface area contributed by atoms with Gasteiger partial charge in [0.2, 0.25) is 5.91 Å². The molecule has 0 bridgehead atoms. The molecule has 0 saturated carbocycles. The van der Waals surface area contributed by atoms with Crippen LogP contribution in [0, 0.1) is 16.0 Å². The lowest BCUT2D eigenvalue weighted by Crippen LogP contribution is -2.28. The van der Waals surface area contributed by atoms with E-state index in [2.05, 4.69) is 15.5 Å². The second kappa shape index (κ2) is 7.76. The first-order valence-electron chi connectivity index (χ1n) is 7.99. The Balaban J connectivity index is 2.12. The van der Waals surface area contributed by atoms with E-state index < -0.39 is 10.8 Å². The predicted octanol–water partition coefficient (Wildman–Crippen LogP) is 0.984. The van der Waals surface area contributed by atoms with Crippen LogP contribution in [-0.4, -0.2) is 55.3 Å². The number of nitro groups is 1. The molecule has 1 unspecified atom stereocenters. The summed E-state index contributed by atoms with van der Waals surface area (Å²) < 4.78 is 2.85. The Morgan fingerprint density at radius 3 is 2.58 bits per heavy atom. The monoisotopic (exact) mass is 363 g/mol. The van der Waals surface area contributed by atoms with Crippen molar-refractivity contribution in [1.82, 2.24) is 24.5 Å². The molecule has 2 heterocycles. The van der Waals surface area contributed by atoms with Gasteiger partial charge in [-0.05, 0) is 6.92 Å². The molecule has 2 rings (SSSR count). The van der Waals surface area contributed by atoms with Gasteiger partial charge in [0.1, 0.15) is 18.1 Å². The van der Waals surface area contributed by atoms with Crippen molar-refractivity contribution in [2.45, 2.75) is 26.9 Å². The second-order valence-electron chi connectivity index (χ2n) is 5.99. The lowest BCUT2D eigenvalue weighted by Gasteiger charge is -2.15. The number of carbonyl (C=O) groups excluding carboxylic acids is 2. The van der Waals surface area contributed by atoms with E-state index in [9.17, 15) is 19.7 Å². The number of rotatable bonds is 7. The molecule has 0 radical (unpaired) electrons. The Bertz CT molecular complexity index is 824. The molecule has 0 aliphatic heterocycles. The molecule has 0 saturated heterocycles. The number of amides is 2. The molecule has 0 aliphatic carbocycles. The maximum atomic E-state index is 12.5. The first-order valence-corrected chi connectivity index (χ1v) is 7.99. The molecule has 1 N–H and O–H groups in total. The van der Waals surface area contributed by atoms with Crippen molar-refractivity contribution in [2.24, 2.45) is 5.92 Å². The molecule has 0 fully saturated rings.